The van der Waals surface area contributed by atoms with Crippen LogP contribution < -0.4 is 14.2 Å². The van der Waals surface area contributed by atoms with Gasteiger partial charge in [0.1, 0.15) is 0 Å². The Morgan fingerprint density at radius 3 is 2.12 bits per heavy atom. The number of methoxy groups -OCH3 is 2. The Bertz CT molecular complexity index is 829. The summed E-state index contributed by atoms with van der Waals surface area (Å²) in [6.07, 6.45) is 1.01. The highest BCUT2D eigenvalue weighted by atomic mass is 32.2. The van der Waals surface area contributed by atoms with Crippen molar-refractivity contribution in [2.24, 2.45) is 0 Å². The first-order valence-corrected chi connectivity index (χ1v) is 9.66. The molecule has 25 heavy (non-hydrogen) atoms. The fourth-order valence-corrected chi connectivity index (χ4v) is 3.63. The van der Waals surface area contributed by atoms with Crippen LogP contribution in [0.25, 0.3) is 0 Å². The van der Waals surface area contributed by atoms with E-state index in [0.29, 0.717) is 23.1 Å². The molecule has 2 aromatic rings. The minimum atomic E-state index is -3.68. The minimum absolute atomic E-state index is 0.230. The lowest BCUT2D eigenvalue weighted by molar-refractivity contribution is 0.355. The van der Waals surface area contributed by atoms with Gasteiger partial charge in [0.2, 0.25) is 0 Å². The second-order valence-corrected chi connectivity index (χ2v) is 7.69. The van der Waals surface area contributed by atoms with Crippen LogP contribution in [0.1, 0.15) is 37.3 Å². The van der Waals surface area contributed by atoms with Gasteiger partial charge in [-0.2, -0.15) is 0 Å². The Labute approximate surface area is 150 Å². The quantitative estimate of drug-likeness (QED) is 0.795. The van der Waals surface area contributed by atoms with Crippen molar-refractivity contribution in [1.29, 1.82) is 0 Å². The van der Waals surface area contributed by atoms with Crippen molar-refractivity contribution in [3.8, 4) is 11.5 Å². The third kappa shape index (κ3) is 4.25. The molecule has 0 fully saturated rings. The maximum atomic E-state index is 12.7. The fourth-order valence-electron chi connectivity index (χ4n) is 2.51. The van der Waals surface area contributed by atoms with Crippen molar-refractivity contribution in [2.75, 3.05) is 18.9 Å². The van der Waals surface area contributed by atoms with E-state index in [9.17, 15) is 8.42 Å². The lowest BCUT2D eigenvalue weighted by Crippen LogP contribution is -2.14. The van der Waals surface area contributed by atoms with Crippen LogP contribution in [-0.2, 0) is 10.0 Å². The Hall–Kier alpha value is -2.21. The molecule has 2 aromatic carbocycles. The summed E-state index contributed by atoms with van der Waals surface area (Å²) in [6, 6.07) is 10.4. The first-order valence-electron chi connectivity index (χ1n) is 8.17. The third-order valence-corrected chi connectivity index (χ3v) is 5.73. The highest BCUT2D eigenvalue weighted by Crippen LogP contribution is 2.34. The molecule has 2 rings (SSSR count). The number of nitrogens with one attached hydrogen (secondary N) is 1. The van der Waals surface area contributed by atoms with Crippen LogP contribution in [-0.4, -0.2) is 22.6 Å². The first-order chi connectivity index (χ1) is 11.8. The number of hydrogen-bond acceptors (Lipinski definition) is 4. The van der Waals surface area contributed by atoms with E-state index in [1.165, 1.54) is 7.11 Å². The molecule has 136 valence electrons. The van der Waals surface area contributed by atoms with Crippen molar-refractivity contribution in [2.45, 2.75) is 38.0 Å². The molecule has 0 saturated carbocycles. The van der Waals surface area contributed by atoms with E-state index in [0.717, 1.165) is 17.5 Å². The van der Waals surface area contributed by atoms with Gasteiger partial charge in [-0.3, -0.25) is 4.72 Å². The van der Waals surface area contributed by atoms with Gasteiger partial charge in [-0.1, -0.05) is 26.0 Å². The molecule has 0 spiro atoms. The maximum absolute atomic E-state index is 12.7. The number of hydrogen-bond donors (Lipinski definition) is 1. The zero-order valence-corrected chi connectivity index (χ0v) is 16.1. The molecule has 0 radical (unpaired) electrons. The van der Waals surface area contributed by atoms with Gasteiger partial charge in [0, 0.05) is 6.07 Å². The van der Waals surface area contributed by atoms with Crippen molar-refractivity contribution >= 4 is 15.7 Å². The van der Waals surface area contributed by atoms with Gasteiger partial charge in [0.05, 0.1) is 24.8 Å². The van der Waals surface area contributed by atoms with Crippen molar-refractivity contribution in [1.82, 2.24) is 0 Å². The average Bonchev–Trinajstić information content (AvgIpc) is 2.62. The lowest BCUT2D eigenvalue weighted by atomic mass is 9.99. The molecule has 5 nitrogen and oxygen atoms in total. The summed E-state index contributed by atoms with van der Waals surface area (Å²) in [5.74, 6) is 1.43. The summed E-state index contributed by atoms with van der Waals surface area (Å²) >= 11 is 0. The van der Waals surface area contributed by atoms with Crippen LogP contribution in [0.4, 0.5) is 5.69 Å². The Kier molecular flexibility index (Phi) is 5.95. The number of benzene rings is 2. The Balaban J connectivity index is 2.32. The molecule has 0 aliphatic heterocycles. The zero-order valence-electron chi connectivity index (χ0n) is 15.3. The summed E-state index contributed by atoms with van der Waals surface area (Å²) in [4.78, 5) is 0.230. The molecule has 0 saturated heterocycles. The van der Waals surface area contributed by atoms with E-state index >= 15 is 0 Å². The van der Waals surface area contributed by atoms with E-state index in [1.807, 2.05) is 19.1 Å². The highest BCUT2D eigenvalue weighted by molar-refractivity contribution is 7.92. The molecule has 1 atom stereocenters. The lowest BCUT2D eigenvalue weighted by Gasteiger charge is -2.15. The minimum Gasteiger partial charge on any atom is -0.493 e. The standard InChI is InChI=1S/C19H25NO4S/c1-6-13(2)15-7-9-16(10-8-15)25(21,22)20-17-12-19(24-5)18(23-4)11-14(17)3/h7-13,20H,6H2,1-5H3/t13-/m1/s1. The highest BCUT2D eigenvalue weighted by Gasteiger charge is 2.18. The molecule has 0 aliphatic rings. The van der Waals surface area contributed by atoms with E-state index in [-0.39, 0.29) is 4.90 Å². The zero-order chi connectivity index (χ0) is 18.6. The van der Waals surface area contributed by atoms with Crippen molar-refractivity contribution in [3.05, 3.63) is 47.5 Å². The van der Waals surface area contributed by atoms with Crippen LogP contribution in [0, 0.1) is 6.92 Å². The molecule has 0 aliphatic carbocycles. The number of sulfonamides is 1. The molecule has 0 heterocycles. The predicted octanol–water partition coefficient (Wildman–Crippen LogP) is 4.33. The van der Waals surface area contributed by atoms with E-state index in [2.05, 4.69) is 18.6 Å². The maximum Gasteiger partial charge on any atom is 0.261 e. The van der Waals surface area contributed by atoms with E-state index in [1.54, 1.807) is 31.4 Å². The fraction of sp³-hybridized carbons (Fsp3) is 0.368. The number of aryl methyl sites for hydroxylation is 1. The molecule has 0 amide bonds. The molecule has 1 N–H and O–H groups in total. The molecule has 0 unspecified atom stereocenters. The third-order valence-electron chi connectivity index (χ3n) is 4.35. The molecule has 0 aromatic heterocycles. The molecular weight excluding hydrogens is 338 g/mol. The first kappa shape index (κ1) is 19.1. The van der Waals surface area contributed by atoms with Gasteiger partial charge in [0.25, 0.3) is 10.0 Å². The van der Waals surface area contributed by atoms with Crippen molar-refractivity contribution in [3.63, 3.8) is 0 Å². The molecular formula is C19H25NO4S. The van der Waals surface area contributed by atoms with Crippen LogP contribution in [0.3, 0.4) is 0 Å². The van der Waals surface area contributed by atoms with E-state index < -0.39 is 10.0 Å². The summed E-state index contributed by atoms with van der Waals surface area (Å²) in [5, 5.41) is 0. The van der Waals surface area contributed by atoms with Gasteiger partial charge in [-0.05, 0) is 48.6 Å². The Morgan fingerprint density at radius 1 is 1.04 bits per heavy atom. The van der Waals surface area contributed by atoms with Crippen LogP contribution >= 0.6 is 0 Å². The second-order valence-electron chi connectivity index (χ2n) is 6.01. The second kappa shape index (κ2) is 7.78. The number of anilines is 1. The summed E-state index contributed by atoms with van der Waals surface area (Å²) in [7, 11) is -0.621. The Morgan fingerprint density at radius 2 is 1.60 bits per heavy atom. The van der Waals surface area contributed by atoms with Gasteiger partial charge in [0.15, 0.2) is 11.5 Å². The van der Waals surface area contributed by atoms with Crippen LogP contribution in [0.2, 0.25) is 0 Å². The smallest absolute Gasteiger partial charge is 0.261 e. The molecule has 6 heteroatoms. The van der Waals surface area contributed by atoms with Gasteiger partial charge >= 0.3 is 0 Å². The summed E-state index contributed by atoms with van der Waals surface area (Å²) < 4.78 is 38.5. The number of ether oxygens (including phenoxy) is 2. The summed E-state index contributed by atoms with van der Waals surface area (Å²) in [6.45, 7) is 6.04. The molecule has 0 bridgehead atoms. The number of rotatable bonds is 7. The van der Waals surface area contributed by atoms with Gasteiger partial charge < -0.3 is 9.47 Å². The monoisotopic (exact) mass is 363 g/mol. The largest absolute Gasteiger partial charge is 0.493 e. The topological polar surface area (TPSA) is 64.6 Å². The average molecular weight is 363 g/mol. The predicted molar refractivity (Wildman–Crippen MR) is 100 cm³/mol. The van der Waals surface area contributed by atoms with Crippen molar-refractivity contribution < 1.29 is 17.9 Å². The van der Waals surface area contributed by atoms with E-state index in [4.69, 9.17) is 9.47 Å². The summed E-state index contributed by atoms with van der Waals surface area (Å²) in [5.41, 5.74) is 2.34. The normalized spacial score (nSPS) is 12.5. The van der Waals surface area contributed by atoms with Crippen LogP contribution in [0.15, 0.2) is 41.3 Å². The van der Waals surface area contributed by atoms with Gasteiger partial charge in [-0.25, -0.2) is 8.42 Å². The van der Waals surface area contributed by atoms with Gasteiger partial charge in [-0.15, -0.1) is 0 Å². The van der Waals surface area contributed by atoms with Crippen LogP contribution in [0.5, 0.6) is 11.5 Å². The SMILES string of the molecule is CC[C@@H](C)c1ccc(S(=O)(=O)Nc2cc(OC)c(OC)cc2C)cc1.